The number of anilines is 1. The first-order valence-corrected chi connectivity index (χ1v) is 9.00. The smallest absolute Gasteiger partial charge is 0.263 e. The normalized spacial score (nSPS) is 15.6. The van der Waals surface area contributed by atoms with Crippen LogP contribution in [0.5, 0.6) is 0 Å². The second kappa shape index (κ2) is 5.66. The molecule has 8 heteroatoms. The van der Waals surface area contributed by atoms with Crippen LogP contribution in [0.15, 0.2) is 33.8 Å². The number of aromatic amines is 1. The van der Waals surface area contributed by atoms with E-state index in [4.69, 9.17) is 0 Å². The standard InChI is InChI=1S/C14H13BrF2N2O2S/c15-10-5-12(17)14(6-11(10)16)19-22(20,21)9-4-13(18-7-9)8-2-1-3-8/h4-8,18-19H,1-3H2. The fraction of sp³-hybridized carbons (Fsp3) is 0.286. The molecule has 0 amide bonds. The van der Waals surface area contributed by atoms with Crippen molar-refractivity contribution in [1.29, 1.82) is 0 Å². The average molecular weight is 391 g/mol. The van der Waals surface area contributed by atoms with Crippen LogP contribution in [0.25, 0.3) is 0 Å². The Bertz CT molecular complexity index is 816. The number of benzene rings is 1. The van der Waals surface area contributed by atoms with Crippen LogP contribution in [0.2, 0.25) is 0 Å². The van der Waals surface area contributed by atoms with Crippen molar-refractivity contribution >= 4 is 31.6 Å². The molecule has 2 aromatic rings. The molecule has 118 valence electrons. The summed E-state index contributed by atoms with van der Waals surface area (Å²) < 4.78 is 53.7. The predicted molar refractivity (Wildman–Crippen MR) is 82.3 cm³/mol. The van der Waals surface area contributed by atoms with E-state index < -0.39 is 27.3 Å². The Morgan fingerprint density at radius 3 is 2.55 bits per heavy atom. The molecule has 3 rings (SSSR count). The van der Waals surface area contributed by atoms with Crippen LogP contribution < -0.4 is 4.72 Å². The van der Waals surface area contributed by atoms with Gasteiger partial charge in [-0.25, -0.2) is 17.2 Å². The Kier molecular flexibility index (Phi) is 3.98. The van der Waals surface area contributed by atoms with E-state index in [1.165, 1.54) is 6.20 Å². The maximum Gasteiger partial charge on any atom is 0.263 e. The van der Waals surface area contributed by atoms with Gasteiger partial charge in [0, 0.05) is 18.0 Å². The lowest BCUT2D eigenvalue weighted by atomic mass is 9.83. The van der Waals surface area contributed by atoms with Crippen LogP contribution in [0.1, 0.15) is 30.9 Å². The number of aromatic nitrogens is 1. The summed E-state index contributed by atoms with van der Waals surface area (Å²) in [5.74, 6) is -1.25. The minimum Gasteiger partial charge on any atom is -0.363 e. The van der Waals surface area contributed by atoms with Gasteiger partial charge in [0.15, 0.2) is 0 Å². The highest BCUT2D eigenvalue weighted by molar-refractivity contribution is 9.10. The van der Waals surface area contributed by atoms with Gasteiger partial charge in [0.2, 0.25) is 0 Å². The van der Waals surface area contributed by atoms with Gasteiger partial charge in [0.05, 0.1) is 10.2 Å². The summed E-state index contributed by atoms with van der Waals surface area (Å²) in [5.41, 5.74) is 0.432. The fourth-order valence-electron chi connectivity index (χ4n) is 2.31. The zero-order chi connectivity index (χ0) is 15.9. The first-order valence-electron chi connectivity index (χ1n) is 6.72. The van der Waals surface area contributed by atoms with Gasteiger partial charge in [0.1, 0.15) is 16.5 Å². The van der Waals surface area contributed by atoms with E-state index in [-0.39, 0.29) is 9.37 Å². The minimum atomic E-state index is -3.97. The molecule has 4 nitrogen and oxygen atoms in total. The van der Waals surface area contributed by atoms with Crippen LogP contribution in [0.3, 0.4) is 0 Å². The van der Waals surface area contributed by atoms with Gasteiger partial charge in [-0.1, -0.05) is 6.42 Å². The number of hydrogen-bond acceptors (Lipinski definition) is 2. The molecule has 0 aliphatic heterocycles. The van der Waals surface area contributed by atoms with Crippen molar-refractivity contribution in [2.24, 2.45) is 0 Å². The van der Waals surface area contributed by atoms with Crippen molar-refractivity contribution in [2.75, 3.05) is 4.72 Å². The van der Waals surface area contributed by atoms with Crippen molar-refractivity contribution in [3.05, 3.63) is 46.2 Å². The predicted octanol–water partition coefficient (Wildman–Crippen LogP) is 4.12. The third-order valence-corrected chi connectivity index (χ3v) is 5.74. The van der Waals surface area contributed by atoms with E-state index in [1.54, 1.807) is 6.07 Å². The molecule has 1 aromatic heterocycles. The van der Waals surface area contributed by atoms with E-state index in [0.717, 1.165) is 37.1 Å². The molecular formula is C14H13BrF2N2O2S. The van der Waals surface area contributed by atoms with E-state index in [2.05, 4.69) is 25.6 Å². The quantitative estimate of drug-likeness (QED) is 0.771. The van der Waals surface area contributed by atoms with E-state index in [9.17, 15) is 17.2 Å². The minimum absolute atomic E-state index is 0.0112. The molecule has 1 aromatic carbocycles. The van der Waals surface area contributed by atoms with Gasteiger partial charge in [0.25, 0.3) is 10.0 Å². The van der Waals surface area contributed by atoms with Crippen LogP contribution in [-0.4, -0.2) is 13.4 Å². The molecule has 1 aliphatic rings. The highest BCUT2D eigenvalue weighted by Gasteiger charge is 2.24. The van der Waals surface area contributed by atoms with Crippen LogP contribution in [0.4, 0.5) is 14.5 Å². The summed E-state index contributed by atoms with van der Waals surface area (Å²) in [6.45, 7) is 0. The Balaban J connectivity index is 1.87. The van der Waals surface area contributed by atoms with Gasteiger partial charge >= 0.3 is 0 Å². The topological polar surface area (TPSA) is 62.0 Å². The van der Waals surface area contributed by atoms with Crippen molar-refractivity contribution in [2.45, 2.75) is 30.1 Å². The summed E-state index contributed by atoms with van der Waals surface area (Å²) in [6.07, 6.45) is 4.55. The van der Waals surface area contributed by atoms with Gasteiger partial charge in [-0.05, 0) is 46.8 Å². The average Bonchev–Trinajstić information content (AvgIpc) is 2.83. The maximum absolute atomic E-state index is 13.7. The molecule has 1 aliphatic carbocycles. The molecule has 2 N–H and O–H groups in total. The second-order valence-corrected chi connectivity index (χ2v) is 7.81. The van der Waals surface area contributed by atoms with Crippen molar-refractivity contribution in [3.8, 4) is 0 Å². The molecule has 22 heavy (non-hydrogen) atoms. The molecule has 0 atom stereocenters. The number of hydrogen-bond donors (Lipinski definition) is 2. The van der Waals surface area contributed by atoms with E-state index in [1.807, 2.05) is 0 Å². The molecule has 0 saturated heterocycles. The number of nitrogens with one attached hydrogen (secondary N) is 2. The molecule has 0 radical (unpaired) electrons. The number of rotatable bonds is 4. The van der Waals surface area contributed by atoms with Crippen molar-refractivity contribution in [3.63, 3.8) is 0 Å². The largest absolute Gasteiger partial charge is 0.363 e. The van der Waals surface area contributed by atoms with Crippen molar-refractivity contribution in [1.82, 2.24) is 4.98 Å². The molecule has 1 heterocycles. The van der Waals surface area contributed by atoms with Crippen molar-refractivity contribution < 1.29 is 17.2 Å². The Labute approximate surface area is 135 Å². The van der Waals surface area contributed by atoms with E-state index in [0.29, 0.717) is 5.92 Å². The first kappa shape index (κ1) is 15.5. The molecule has 1 saturated carbocycles. The van der Waals surface area contributed by atoms with Crippen LogP contribution in [0, 0.1) is 11.6 Å². The Morgan fingerprint density at radius 1 is 1.18 bits per heavy atom. The molecule has 1 fully saturated rings. The third kappa shape index (κ3) is 2.89. The second-order valence-electron chi connectivity index (χ2n) is 5.27. The molecule has 0 bridgehead atoms. The van der Waals surface area contributed by atoms with E-state index >= 15 is 0 Å². The lowest BCUT2D eigenvalue weighted by molar-refractivity contribution is 0.412. The van der Waals surface area contributed by atoms with Gasteiger partial charge in [-0.3, -0.25) is 4.72 Å². The summed E-state index contributed by atoms with van der Waals surface area (Å²) in [6, 6.07) is 3.22. The monoisotopic (exact) mass is 390 g/mol. The summed E-state index contributed by atoms with van der Waals surface area (Å²) in [5, 5.41) is 0. The fourth-order valence-corrected chi connectivity index (χ4v) is 3.68. The SMILES string of the molecule is O=S(=O)(Nc1cc(F)c(Br)cc1F)c1c[nH]c(C2CCC2)c1. The summed E-state index contributed by atoms with van der Waals surface area (Å²) >= 11 is 2.84. The lowest BCUT2D eigenvalue weighted by Gasteiger charge is -2.23. The van der Waals surface area contributed by atoms with Gasteiger partial charge in [-0.2, -0.15) is 0 Å². The maximum atomic E-state index is 13.7. The molecule has 0 spiro atoms. The van der Waals surface area contributed by atoms with Gasteiger partial charge < -0.3 is 4.98 Å². The highest BCUT2D eigenvalue weighted by atomic mass is 79.9. The van der Waals surface area contributed by atoms with Crippen LogP contribution in [-0.2, 0) is 10.0 Å². The third-order valence-electron chi connectivity index (χ3n) is 3.79. The summed E-state index contributed by atoms with van der Waals surface area (Å²) in [7, 11) is -3.97. The van der Waals surface area contributed by atoms with Gasteiger partial charge in [-0.15, -0.1) is 0 Å². The lowest BCUT2D eigenvalue weighted by Crippen LogP contribution is -2.14. The molecular weight excluding hydrogens is 378 g/mol. The summed E-state index contributed by atoms with van der Waals surface area (Å²) in [4.78, 5) is 2.95. The number of H-pyrrole nitrogens is 1. The highest BCUT2D eigenvalue weighted by Crippen LogP contribution is 2.36. The Hall–Kier alpha value is -1.41. The van der Waals surface area contributed by atoms with Crippen LogP contribution >= 0.6 is 15.9 Å². The number of sulfonamides is 1. The number of halogens is 3. The first-order chi connectivity index (χ1) is 10.4. The zero-order valence-electron chi connectivity index (χ0n) is 11.4. The Morgan fingerprint density at radius 2 is 1.91 bits per heavy atom. The molecule has 0 unspecified atom stereocenters. The zero-order valence-corrected chi connectivity index (χ0v) is 13.8.